The zero-order valence-electron chi connectivity index (χ0n) is 32.3. The number of benzene rings is 2. The van der Waals surface area contributed by atoms with E-state index in [2.05, 4.69) is 41.0 Å². The summed E-state index contributed by atoms with van der Waals surface area (Å²) >= 11 is 0. The zero-order valence-corrected chi connectivity index (χ0v) is 32.3. The third-order valence-electron chi connectivity index (χ3n) is 12.1. The molecule has 58 heavy (non-hydrogen) atoms. The van der Waals surface area contributed by atoms with Crippen LogP contribution in [-0.2, 0) is 14.4 Å². The van der Waals surface area contributed by atoms with E-state index in [0.717, 1.165) is 70.7 Å². The first kappa shape index (κ1) is 39.1. The number of imide groups is 1. The first-order valence-electron chi connectivity index (χ1n) is 20.4. The number of halogens is 2. The van der Waals surface area contributed by atoms with Gasteiger partial charge in [-0.25, -0.2) is 18.7 Å². The molecule has 4 fully saturated rings. The van der Waals surface area contributed by atoms with E-state index < -0.39 is 11.9 Å². The molecule has 304 valence electrons. The fourth-order valence-corrected chi connectivity index (χ4v) is 8.88. The number of hydrogen-bond acceptors (Lipinski definition) is 10. The Bertz CT molecular complexity index is 2190. The summed E-state index contributed by atoms with van der Waals surface area (Å²) in [6, 6.07) is 17.0. The van der Waals surface area contributed by atoms with Crippen LogP contribution in [0.1, 0.15) is 64.2 Å². The Balaban J connectivity index is 0.760. The number of nitrogens with zero attached hydrogens (tertiary/aromatic N) is 5. The van der Waals surface area contributed by atoms with Crippen LogP contribution in [0.25, 0.3) is 16.9 Å². The predicted octanol–water partition coefficient (Wildman–Crippen LogP) is 5.01. The Kier molecular flexibility index (Phi) is 11.8. The minimum absolute atomic E-state index is 0.0552. The van der Waals surface area contributed by atoms with Gasteiger partial charge in [0.05, 0.1) is 11.9 Å². The molecule has 4 aliphatic rings. The van der Waals surface area contributed by atoms with Crippen LogP contribution in [0.15, 0.2) is 77.9 Å². The van der Waals surface area contributed by atoms with Crippen molar-refractivity contribution < 1.29 is 23.2 Å². The van der Waals surface area contributed by atoms with Crippen LogP contribution >= 0.6 is 0 Å². The summed E-state index contributed by atoms with van der Waals surface area (Å²) in [5.74, 6) is -1.18. The Morgan fingerprint density at radius 1 is 0.776 bits per heavy atom. The monoisotopic (exact) mass is 793 g/mol. The largest absolute Gasteiger partial charge is 0.374 e. The summed E-state index contributed by atoms with van der Waals surface area (Å²) in [5.41, 5.74) is 2.16. The summed E-state index contributed by atoms with van der Waals surface area (Å²) in [4.78, 5) is 62.5. The standard InChI is InChI=1S/C43H49F2N9O4/c44-34-25-31(47-36-16-18-38(55)50-42(36)58)13-17-37(34)53-22-20-52(21-23-53)32-14-11-29(12-15-32)48-41(57)27-7-9-30(10-8-27)49-43-46-26-35(45)40(51-43)28-4-3-5-33(24-28)54-19-2-1-6-39(54)56/h1-6,13,17,19,24-27,29-30,32,36,47H,7-12,14-16,18,20-23H2,(H,48,57)(H,46,49,51)(H,50,55,58)/t27?,29?,30?,32?,36-/m1/s1. The van der Waals surface area contributed by atoms with Gasteiger partial charge < -0.3 is 20.9 Å². The van der Waals surface area contributed by atoms with Crippen molar-refractivity contribution >= 4 is 35.0 Å². The van der Waals surface area contributed by atoms with Crippen molar-refractivity contribution in [2.75, 3.05) is 41.7 Å². The van der Waals surface area contributed by atoms with Crippen molar-refractivity contribution in [1.82, 2.24) is 30.1 Å². The molecule has 2 aromatic heterocycles. The van der Waals surface area contributed by atoms with Gasteiger partial charge in [-0.1, -0.05) is 18.2 Å². The van der Waals surface area contributed by atoms with E-state index in [1.54, 1.807) is 54.7 Å². The highest BCUT2D eigenvalue weighted by Crippen LogP contribution is 2.31. The molecule has 0 radical (unpaired) electrons. The van der Waals surface area contributed by atoms with Crippen molar-refractivity contribution in [2.45, 2.75) is 88.4 Å². The Morgan fingerprint density at radius 3 is 2.29 bits per heavy atom. The number of pyridine rings is 1. The smallest absolute Gasteiger partial charge is 0.255 e. The van der Waals surface area contributed by atoms with E-state index in [1.165, 1.54) is 16.7 Å². The summed E-state index contributed by atoms with van der Waals surface area (Å²) < 4.78 is 31.7. The third kappa shape index (κ3) is 9.04. The number of piperazine rings is 1. The van der Waals surface area contributed by atoms with E-state index in [1.807, 2.05) is 0 Å². The number of aromatic nitrogens is 3. The molecule has 13 nitrogen and oxygen atoms in total. The highest BCUT2D eigenvalue weighted by atomic mass is 19.1. The summed E-state index contributed by atoms with van der Waals surface area (Å²) in [6.45, 7) is 3.10. The highest BCUT2D eigenvalue weighted by Gasteiger charge is 2.33. The number of nitrogens with one attached hydrogen (secondary N) is 4. The number of rotatable bonds is 10. The van der Waals surface area contributed by atoms with Gasteiger partial charge in [-0.3, -0.25) is 34.0 Å². The van der Waals surface area contributed by atoms with Crippen LogP contribution in [0, 0.1) is 17.6 Å². The number of anilines is 3. The number of carbonyl (C=O) groups is 3. The van der Waals surface area contributed by atoms with E-state index in [-0.39, 0.29) is 59.2 Å². The number of amides is 3. The van der Waals surface area contributed by atoms with Crippen LogP contribution in [0.4, 0.5) is 26.1 Å². The van der Waals surface area contributed by atoms with Crippen molar-refractivity contribution in [2.24, 2.45) is 5.92 Å². The van der Waals surface area contributed by atoms with Crippen molar-refractivity contribution in [3.05, 3.63) is 95.0 Å². The van der Waals surface area contributed by atoms with Gasteiger partial charge in [-0.2, -0.15) is 0 Å². The summed E-state index contributed by atoms with van der Waals surface area (Å²) in [6.07, 6.45) is 10.4. The maximum absolute atomic E-state index is 15.2. The van der Waals surface area contributed by atoms with Gasteiger partial charge in [0.15, 0.2) is 5.82 Å². The zero-order chi connectivity index (χ0) is 40.2. The van der Waals surface area contributed by atoms with Crippen LogP contribution < -0.4 is 31.7 Å². The first-order valence-corrected chi connectivity index (χ1v) is 20.4. The molecule has 2 aliphatic heterocycles. The molecule has 0 unspecified atom stereocenters. The molecule has 2 saturated carbocycles. The van der Waals surface area contributed by atoms with E-state index in [0.29, 0.717) is 54.1 Å². The molecule has 4 aromatic rings. The number of carbonyl (C=O) groups excluding carboxylic acids is 3. The molecule has 0 bridgehead atoms. The van der Waals surface area contributed by atoms with Gasteiger partial charge >= 0.3 is 0 Å². The SMILES string of the molecule is O=C1CC[C@@H](Nc2ccc(N3CCN(C4CCC(NC(=O)C5CCC(Nc6ncc(F)c(-c7cccc(-n8ccccc8=O)c7)n6)CC5)CC4)CC3)c(F)c2)C(=O)N1. The van der Waals surface area contributed by atoms with E-state index >= 15 is 4.39 Å². The third-order valence-corrected chi connectivity index (χ3v) is 12.1. The molecule has 1 atom stereocenters. The fourth-order valence-electron chi connectivity index (χ4n) is 8.88. The lowest BCUT2D eigenvalue weighted by Gasteiger charge is -2.43. The normalized spacial score (nSPS) is 24.2. The van der Waals surface area contributed by atoms with Gasteiger partial charge in [0, 0.05) is 85.8 Å². The summed E-state index contributed by atoms with van der Waals surface area (Å²) in [7, 11) is 0. The van der Waals surface area contributed by atoms with Gasteiger partial charge in [0.1, 0.15) is 17.6 Å². The topological polar surface area (TPSA) is 154 Å². The lowest BCUT2D eigenvalue weighted by molar-refractivity contribution is -0.133. The molecule has 4 N–H and O–H groups in total. The van der Waals surface area contributed by atoms with Gasteiger partial charge in [-0.05, 0) is 94.2 Å². The molecular formula is C43H49F2N9O4. The van der Waals surface area contributed by atoms with Crippen molar-refractivity contribution in [3.8, 4) is 16.9 Å². The molecular weight excluding hydrogens is 745 g/mol. The van der Waals surface area contributed by atoms with E-state index in [4.69, 9.17) is 0 Å². The van der Waals surface area contributed by atoms with Gasteiger partial charge in [-0.15, -0.1) is 0 Å². The quantitative estimate of drug-likeness (QED) is 0.161. The van der Waals surface area contributed by atoms with Crippen LogP contribution in [0.3, 0.4) is 0 Å². The molecule has 2 saturated heterocycles. The van der Waals surface area contributed by atoms with Crippen molar-refractivity contribution in [1.29, 1.82) is 0 Å². The van der Waals surface area contributed by atoms with E-state index in [9.17, 15) is 23.6 Å². The average molecular weight is 794 g/mol. The second-order valence-corrected chi connectivity index (χ2v) is 15.9. The second-order valence-electron chi connectivity index (χ2n) is 15.9. The maximum atomic E-state index is 15.2. The second kappa shape index (κ2) is 17.4. The molecule has 15 heteroatoms. The molecule has 2 aliphatic carbocycles. The van der Waals surface area contributed by atoms with Crippen LogP contribution in [0.5, 0.6) is 0 Å². The first-order chi connectivity index (χ1) is 28.2. The Morgan fingerprint density at radius 2 is 1.55 bits per heavy atom. The Labute approximate surface area is 335 Å². The molecule has 2 aromatic carbocycles. The van der Waals surface area contributed by atoms with Gasteiger partial charge in [0.2, 0.25) is 23.7 Å². The Hall–Kier alpha value is -5.70. The molecule has 3 amide bonds. The lowest BCUT2D eigenvalue weighted by Crippen LogP contribution is -2.52. The average Bonchev–Trinajstić information content (AvgIpc) is 3.23. The fraction of sp³-hybridized carbons (Fsp3) is 0.442. The summed E-state index contributed by atoms with van der Waals surface area (Å²) in [5, 5.41) is 12.1. The maximum Gasteiger partial charge on any atom is 0.255 e. The highest BCUT2D eigenvalue weighted by molar-refractivity contribution is 6.01. The number of hydrogen-bond donors (Lipinski definition) is 4. The van der Waals surface area contributed by atoms with Crippen LogP contribution in [0.2, 0.25) is 0 Å². The minimum atomic E-state index is -0.562. The molecule has 0 spiro atoms. The number of piperidine rings is 1. The van der Waals surface area contributed by atoms with Crippen molar-refractivity contribution in [3.63, 3.8) is 0 Å². The molecule has 8 rings (SSSR count). The van der Waals surface area contributed by atoms with Gasteiger partial charge in [0.25, 0.3) is 5.56 Å². The lowest BCUT2D eigenvalue weighted by atomic mass is 9.84. The predicted molar refractivity (Wildman–Crippen MR) is 217 cm³/mol. The van der Waals surface area contributed by atoms with Crippen LogP contribution in [-0.4, -0.2) is 87.5 Å². The molecule has 4 heterocycles. The minimum Gasteiger partial charge on any atom is -0.374 e.